The standard InChI is InChI=1S/C16H25NO5S/c1-5-23(19,20)11-12(2)17-16(18)13(3)22-10-14-7-6-8-15(9-14)21-4/h6-9,12-13H,5,10-11H2,1-4H3,(H,17,18)/t12-,13+/m0/s1. The van der Waals surface area contributed by atoms with E-state index in [4.69, 9.17) is 9.47 Å². The van der Waals surface area contributed by atoms with Gasteiger partial charge in [-0.1, -0.05) is 19.1 Å². The molecule has 0 bridgehead atoms. The van der Waals surface area contributed by atoms with Gasteiger partial charge in [0.25, 0.3) is 0 Å². The van der Waals surface area contributed by atoms with Crippen molar-refractivity contribution in [2.24, 2.45) is 0 Å². The van der Waals surface area contributed by atoms with Crippen LogP contribution in [0.15, 0.2) is 24.3 Å². The molecule has 1 N–H and O–H groups in total. The Bertz CT molecular complexity index is 615. The van der Waals surface area contributed by atoms with Gasteiger partial charge in [-0.3, -0.25) is 4.79 Å². The van der Waals surface area contributed by atoms with Gasteiger partial charge in [0, 0.05) is 11.8 Å². The smallest absolute Gasteiger partial charge is 0.249 e. The molecular weight excluding hydrogens is 318 g/mol. The number of hydrogen-bond donors (Lipinski definition) is 1. The van der Waals surface area contributed by atoms with E-state index in [0.717, 1.165) is 11.3 Å². The van der Waals surface area contributed by atoms with Gasteiger partial charge in [-0.15, -0.1) is 0 Å². The third-order valence-corrected chi connectivity index (χ3v) is 5.22. The number of carbonyl (C=O) groups is 1. The third-order valence-electron chi connectivity index (χ3n) is 3.34. The largest absolute Gasteiger partial charge is 0.497 e. The van der Waals surface area contributed by atoms with Crippen molar-refractivity contribution in [1.82, 2.24) is 5.32 Å². The van der Waals surface area contributed by atoms with E-state index in [0.29, 0.717) is 0 Å². The number of amides is 1. The number of methoxy groups -OCH3 is 1. The fourth-order valence-electron chi connectivity index (χ4n) is 1.96. The maximum Gasteiger partial charge on any atom is 0.249 e. The van der Waals surface area contributed by atoms with E-state index in [1.807, 2.05) is 24.3 Å². The molecule has 0 saturated carbocycles. The van der Waals surface area contributed by atoms with E-state index in [1.165, 1.54) is 0 Å². The average Bonchev–Trinajstić information content (AvgIpc) is 2.52. The van der Waals surface area contributed by atoms with Crippen molar-refractivity contribution in [3.8, 4) is 5.75 Å². The number of carbonyl (C=O) groups excluding carboxylic acids is 1. The Balaban J connectivity index is 2.47. The van der Waals surface area contributed by atoms with Gasteiger partial charge in [-0.25, -0.2) is 8.42 Å². The summed E-state index contributed by atoms with van der Waals surface area (Å²) in [5.74, 6) is 0.390. The van der Waals surface area contributed by atoms with Crippen molar-refractivity contribution in [2.75, 3.05) is 18.6 Å². The lowest BCUT2D eigenvalue weighted by molar-refractivity contribution is -0.132. The molecule has 2 atom stereocenters. The topological polar surface area (TPSA) is 81.7 Å². The first kappa shape index (κ1) is 19.4. The number of ether oxygens (including phenoxy) is 2. The number of hydrogen-bond acceptors (Lipinski definition) is 5. The first-order chi connectivity index (χ1) is 10.8. The van der Waals surface area contributed by atoms with Gasteiger partial charge in [0.2, 0.25) is 5.91 Å². The molecule has 6 nitrogen and oxygen atoms in total. The molecule has 23 heavy (non-hydrogen) atoms. The minimum atomic E-state index is -3.12. The highest BCUT2D eigenvalue weighted by molar-refractivity contribution is 7.91. The molecule has 0 fully saturated rings. The van der Waals surface area contributed by atoms with Gasteiger partial charge in [-0.05, 0) is 31.5 Å². The molecule has 0 aliphatic rings. The monoisotopic (exact) mass is 343 g/mol. The number of nitrogens with one attached hydrogen (secondary N) is 1. The average molecular weight is 343 g/mol. The van der Waals surface area contributed by atoms with Crippen LogP contribution in [0, 0.1) is 0 Å². The quantitative estimate of drug-likeness (QED) is 0.735. The summed E-state index contributed by atoms with van der Waals surface area (Å²) in [5.41, 5.74) is 0.894. The van der Waals surface area contributed by atoms with Gasteiger partial charge in [0.05, 0.1) is 19.5 Å². The van der Waals surface area contributed by atoms with Crippen LogP contribution in [0.3, 0.4) is 0 Å². The van der Waals surface area contributed by atoms with Gasteiger partial charge >= 0.3 is 0 Å². The van der Waals surface area contributed by atoms with Gasteiger partial charge < -0.3 is 14.8 Å². The highest BCUT2D eigenvalue weighted by Crippen LogP contribution is 2.13. The van der Waals surface area contributed by atoms with Crippen LogP contribution in [-0.2, 0) is 26.0 Å². The molecule has 0 aliphatic heterocycles. The minimum absolute atomic E-state index is 0.0646. The number of rotatable bonds is 9. The van der Waals surface area contributed by atoms with Crippen LogP contribution >= 0.6 is 0 Å². The minimum Gasteiger partial charge on any atom is -0.497 e. The maximum atomic E-state index is 12.0. The molecule has 1 aromatic carbocycles. The van der Waals surface area contributed by atoms with E-state index in [1.54, 1.807) is 27.9 Å². The van der Waals surface area contributed by atoms with Gasteiger partial charge in [-0.2, -0.15) is 0 Å². The SMILES string of the molecule is CCS(=O)(=O)C[C@H](C)NC(=O)[C@@H](C)OCc1cccc(OC)c1. The lowest BCUT2D eigenvalue weighted by Crippen LogP contribution is -2.43. The lowest BCUT2D eigenvalue weighted by atomic mass is 10.2. The number of benzene rings is 1. The van der Waals surface area contributed by atoms with E-state index in [9.17, 15) is 13.2 Å². The van der Waals surface area contributed by atoms with E-state index >= 15 is 0 Å². The first-order valence-electron chi connectivity index (χ1n) is 7.52. The first-order valence-corrected chi connectivity index (χ1v) is 9.35. The van der Waals surface area contributed by atoms with Crippen molar-refractivity contribution in [2.45, 2.75) is 39.5 Å². The molecular formula is C16H25NO5S. The molecule has 1 aromatic rings. The van der Waals surface area contributed by atoms with Crippen molar-refractivity contribution in [3.05, 3.63) is 29.8 Å². The molecule has 0 radical (unpaired) electrons. The summed E-state index contributed by atoms with van der Waals surface area (Å²) < 4.78 is 33.7. The normalized spacial score (nSPS) is 14.1. The second-order valence-electron chi connectivity index (χ2n) is 5.41. The van der Waals surface area contributed by atoms with Crippen LogP contribution < -0.4 is 10.1 Å². The molecule has 0 aliphatic carbocycles. The molecule has 0 unspecified atom stereocenters. The van der Waals surface area contributed by atoms with Gasteiger partial charge in [0.1, 0.15) is 11.9 Å². The predicted molar refractivity (Wildman–Crippen MR) is 89.2 cm³/mol. The van der Waals surface area contributed by atoms with Crippen LogP contribution in [0.2, 0.25) is 0 Å². The van der Waals surface area contributed by atoms with Gasteiger partial charge in [0.15, 0.2) is 9.84 Å². The molecule has 1 rings (SSSR count). The molecule has 130 valence electrons. The summed E-state index contributed by atoms with van der Waals surface area (Å²) in [6, 6.07) is 6.94. The van der Waals surface area contributed by atoms with E-state index in [-0.39, 0.29) is 24.0 Å². The van der Waals surface area contributed by atoms with Crippen molar-refractivity contribution < 1.29 is 22.7 Å². The summed E-state index contributed by atoms with van der Waals surface area (Å²) in [7, 11) is -1.54. The highest BCUT2D eigenvalue weighted by atomic mass is 32.2. The van der Waals surface area contributed by atoms with Crippen molar-refractivity contribution in [1.29, 1.82) is 0 Å². The van der Waals surface area contributed by atoms with Crippen LogP contribution in [0.4, 0.5) is 0 Å². The zero-order valence-corrected chi connectivity index (χ0v) is 14.9. The highest BCUT2D eigenvalue weighted by Gasteiger charge is 2.19. The van der Waals surface area contributed by atoms with Crippen molar-refractivity contribution in [3.63, 3.8) is 0 Å². The summed E-state index contributed by atoms with van der Waals surface area (Å²) in [5, 5.41) is 2.66. The Morgan fingerprint density at radius 1 is 1.30 bits per heavy atom. The van der Waals surface area contributed by atoms with Crippen LogP contribution in [0.25, 0.3) is 0 Å². The Morgan fingerprint density at radius 3 is 2.61 bits per heavy atom. The third kappa shape index (κ3) is 7.00. The molecule has 0 aromatic heterocycles. The maximum absolute atomic E-state index is 12.0. The Hall–Kier alpha value is -1.60. The van der Waals surface area contributed by atoms with E-state index in [2.05, 4.69) is 5.32 Å². The predicted octanol–water partition coefficient (Wildman–Crippen LogP) is 1.54. The fraction of sp³-hybridized carbons (Fsp3) is 0.562. The molecule has 0 heterocycles. The summed E-state index contributed by atoms with van der Waals surface area (Å²) >= 11 is 0. The second-order valence-corrected chi connectivity index (χ2v) is 7.81. The van der Waals surface area contributed by atoms with Crippen LogP contribution in [-0.4, -0.2) is 45.1 Å². The molecule has 1 amide bonds. The molecule has 7 heteroatoms. The van der Waals surface area contributed by atoms with Crippen molar-refractivity contribution >= 4 is 15.7 Å². The number of sulfone groups is 1. The molecule has 0 spiro atoms. The molecule has 0 saturated heterocycles. The zero-order valence-electron chi connectivity index (χ0n) is 14.0. The van der Waals surface area contributed by atoms with Crippen LogP contribution in [0.1, 0.15) is 26.3 Å². The Labute approximate surface area is 138 Å². The lowest BCUT2D eigenvalue weighted by Gasteiger charge is -2.18. The summed E-state index contributed by atoms with van der Waals surface area (Å²) in [6.45, 7) is 5.16. The van der Waals surface area contributed by atoms with E-state index < -0.39 is 22.0 Å². The summed E-state index contributed by atoms with van der Waals surface area (Å²) in [4.78, 5) is 12.0. The Morgan fingerprint density at radius 2 is 2.00 bits per heavy atom. The summed E-state index contributed by atoms with van der Waals surface area (Å²) in [6.07, 6.45) is -0.673. The van der Waals surface area contributed by atoms with Crippen LogP contribution in [0.5, 0.6) is 5.75 Å². The fourth-order valence-corrected chi connectivity index (χ4v) is 3.04. The Kier molecular flexibility index (Phi) is 7.51. The second kappa shape index (κ2) is 8.88. The zero-order chi connectivity index (χ0) is 17.5.